The third kappa shape index (κ3) is 2.38. The van der Waals surface area contributed by atoms with Gasteiger partial charge in [-0.05, 0) is 31.4 Å². The lowest BCUT2D eigenvalue weighted by molar-refractivity contribution is 0.185. The first-order valence-electron chi connectivity index (χ1n) is 6.94. The molecule has 0 amide bonds. The van der Waals surface area contributed by atoms with Crippen LogP contribution in [0.3, 0.4) is 0 Å². The van der Waals surface area contributed by atoms with Gasteiger partial charge in [0.05, 0.1) is 17.6 Å². The summed E-state index contributed by atoms with van der Waals surface area (Å²) in [6, 6.07) is 8.26. The van der Waals surface area contributed by atoms with Crippen LogP contribution < -0.4 is 5.73 Å². The molecule has 1 aromatic heterocycles. The maximum atomic E-state index is 6.37. The number of imidazole rings is 1. The highest BCUT2D eigenvalue weighted by molar-refractivity contribution is 5.75. The standard InChI is InChI=1S/C15H21N3O/c1-19-10-9-18-13-6-3-2-5-12(13)17-14(18)11-15(16)7-4-8-15/h2-3,5-6H,4,7-11,16H2,1H3. The highest BCUT2D eigenvalue weighted by atomic mass is 16.5. The number of aromatic nitrogens is 2. The molecule has 0 unspecified atom stereocenters. The van der Waals surface area contributed by atoms with Gasteiger partial charge >= 0.3 is 0 Å². The quantitative estimate of drug-likeness (QED) is 0.894. The van der Waals surface area contributed by atoms with E-state index < -0.39 is 0 Å². The van der Waals surface area contributed by atoms with Crippen molar-refractivity contribution in [3.8, 4) is 0 Å². The second kappa shape index (κ2) is 4.94. The summed E-state index contributed by atoms with van der Waals surface area (Å²) in [5.74, 6) is 1.10. The number of rotatable bonds is 5. The SMILES string of the molecule is COCCn1c(CC2(N)CCC2)nc2ccccc21. The number of hydrogen-bond acceptors (Lipinski definition) is 3. The predicted molar refractivity (Wildman–Crippen MR) is 76.1 cm³/mol. The molecule has 1 aliphatic carbocycles. The van der Waals surface area contributed by atoms with Gasteiger partial charge < -0.3 is 15.0 Å². The molecule has 4 heteroatoms. The summed E-state index contributed by atoms with van der Waals surface area (Å²) in [6.07, 6.45) is 4.33. The zero-order valence-electron chi connectivity index (χ0n) is 11.4. The molecule has 3 rings (SSSR count). The Morgan fingerprint density at radius 2 is 2.16 bits per heavy atom. The van der Waals surface area contributed by atoms with E-state index in [-0.39, 0.29) is 5.54 Å². The monoisotopic (exact) mass is 259 g/mol. The van der Waals surface area contributed by atoms with Gasteiger partial charge in [0.25, 0.3) is 0 Å². The Bertz CT molecular complexity index is 572. The minimum absolute atomic E-state index is 0.0355. The van der Waals surface area contributed by atoms with Crippen LogP contribution in [0.2, 0.25) is 0 Å². The molecule has 102 valence electrons. The van der Waals surface area contributed by atoms with Gasteiger partial charge in [-0.15, -0.1) is 0 Å². The van der Waals surface area contributed by atoms with Crippen LogP contribution in [0.15, 0.2) is 24.3 Å². The second-order valence-electron chi connectivity index (χ2n) is 5.55. The summed E-state index contributed by atoms with van der Waals surface area (Å²) < 4.78 is 7.47. The van der Waals surface area contributed by atoms with Crippen molar-refractivity contribution in [2.45, 2.75) is 37.8 Å². The van der Waals surface area contributed by atoms with E-state index >= 15 is 0 Å². The van der Waals surface area contributed by atoms with Crippen LogP contribution in [0, 0.1) is 0 Å². The van der Waals surface area contributed by atoms with Gasteiger partial charge in [-0.25, -0.2) is 4.98 Å². The minimum atomic E-state index is -0.0355. The molecule has 0 atom stereocenters. The van der Waals surface area contributed by atoms with Crippen molar-refractivity contribution < 1.29 is 4.74 Å². The maximum absolute atomic E-state index is 6.37. The lowest BCUT2D eigenvalue weighted by Crippen LogP contribution is -2.49. The van der Waals surface area contributed by atoms with Crippen molar-refractivity contribution >= 4 is 11.0 Å². The van der Waals surface area contributed by atoms with Crippen LogP contribution >= 0.6 is 0 Å². The van der Waals surface area contributed by atoms with Crippen molar-refractivity contribution in [2.24, 2.45) is 5.73 Å². The molecule has 0 bridgehead atoms. The van der Waals surface area contributed by atoms with Gasteiger partial charge in [0.2, 0.25) is 0 Å². The average molecular weight is 259 g/mol. The lowest BCUT2D eigenvalue weighted by atomic mass is 9.75. The summed E-state index contributed by atoms with van der Waals surface area (Å²) in [6.45, 7) is 1.54. The van der Waals surface area contributed by atoms with E-state index in [4.69, 9.17) is 15.5 Å². The van der Waals surface area contributed by atoms with Gasteiger partial charge in [-0.2, -0.15) is 0 Å². The Balaban J connectivity index is 1.96. The number of nitrogens with zero attached hydrogens (tertiary/aromatic N) is 2. The molecule has 0 spiro atoms. The van der Waals surface area contributed by atoms with Crippen LogP contribution in [-0.4, -0.2) is 28.8 Å². The van der Waals surface area contributed by atoms with Crippen molar-refractivity contribution in [2.75, 3.05) is 13.7 Å². The minimum Gasteiger partial charge on any atom is -0.383 e. The molecule has 2 N–H and O–H groups in total. The number of nitrogens with two attached hydrogens (primary N) is 1. The molecule has 1 heterocycles. The zero-order chi connectivity index (χ0) is 13.3. The highest BCUT2D eigenvalue weighted by Gasteiger charge is 2.34. The first-order chi connectivity index (χ1) is 9.22. The average Bonchev–Trinajstić information content (AvgIpc) is 2.72. The van der Waals surface area contributed by atoms with Crippen molar-refractivity contribution in [3.63, 3.8) is 0 Å². The van der Waals surface area contributed by atoms with E-state index in [2.05, 4.69) is 22.8 Å². The van der Waals surface area contributed by atoms with Crippen molar-refractivity contribution in [3.05, 3.63) is 30.1 Å². The summed E-state index contributed by atoms with van der Waals surface area (Å²) in [4.78, 5) is 4.76. The van der Waals surface area contributed by atoms with Crippen LogP contribution in [0.25, 0.3) is 11.0 Å². The van der Waals surface area contributed by atoms with Gasteiger partial charge in [0, 0.05) is 25.6 Å². The number of fused-ring (bicyclic) bond motifs is 1. The summed E-state index contributed by atoms with van der Waals surface area (Å²) in [7, 11) is 1.73. The largest absolute Gasteiger partial charge is 0.383 e. The summed E-state index contributed by atoms with van der Waals surface area (Å²) in [5.41, 5.74) is 8.56. The first kappa shape index (κ1) is 12.6. The third-order valence-electron chi connectivity index (χ3n) is 4.11. The van der Waals surface area contributed by atoms with E-state index in [0.717, 1.165) is 37.1 Å². The second-order valence-corrected chi connectivity index (χ2v) is 5.55. The maximum Gasteiger partial charge on any atom is 0.111 e. The highest BCUT2D eigenvalue weighted by Crippen LogP contribution is 2.32. The van der Waals surface area contributed by atoms with Gasteiger partial charge in [0.1, 0.15) is 5.82 Å². The molecule has 0 radical (unpaired) electrons. The van der Waals surface area contributed by atoms with Crippen LogP contribution in [-0.2, 0) is 17.7 Å². The van der Waals surface area contributed by atoms with Crippen molar-refractivity contribution in [1.82, 2.24) is 9.55 Å². The van der Waals surface area contributed by atoms with E-state index in [0.29, 0.717) is 6.61 Å². The zero-order valence-corrected chi connectivity index (χ0v) is 11.4. The Morgan fingerprint density at radius 1 is 1.37 bits per heavy atom. The van der Waals surface area contributed by atoms with E-state index in [1.54, 1.807) is 7.11 Å². The third-order valence-corrected chi connectivity index (χ3v) is 4.11. The molecular weight excluding hydrogens is 238 g/mol. The Morgan fingerprint density at radius 3 is 2.84 bits per heavy atom. The fraction of sp³-hybridized carbons (Fsp3) is 0.533. The summed E-state index contributed by atoms with van der Waals surface area (Å²) >= 11 is 0. The first-order valence-corrected chi connectivity index (χ1v) is 6.94. The van der Waals surface area contributed by atoms with Gasteiger partial charge in [0.15, 0.2) is 0 Å². The molecule has 1 fully saturated rings. The van der Waals surface area contributed by atoms with Crippen LogP contribution in [0.1, 0.15) is 25.1 Å². The Kier molecular flexibility index (Phi) is 3.29. The molecule has 2 aromatic rings. The molecule has 1 aromatic carbocycles. The smallest absolute Gasteiger partial charge is 0.111 e. The normalized spacial score (nSPS) is 17.6. The van der Waals surface area contributed by atoms with Crippen molar-refractivity contribution in [1.29, 1.82) is 0 Å². The van der Waals surface area contributed by atoms with Crippen LogP contribution in [0.5, 0.6) is 0 Å². The Hall–Kier alpha value is -1.39. The summed E-state index contributed by atoms with van der Waals surface area (Å²) in [5, 5.41) is 0. The number of benzene rings is 1. The predicted octanol–water partition coefficient (Wildman–Crippen LogP) is 2.11. The molecular formula is C15H21N3O. The molecule has 19 heavy (non-hydrogen) atoms. The molecule has 1 aliphatic rings. The number of hydrogen-bond donors (Lipinski definition) is 1. The molecule has 4 nitrogen and oxygen atoms in total. The van der Waals surface area contributed by atoms with E-state index in [1.165, 1.54) is 11.9 Å². The molecule has 0 saturated heterocycles. The topological polar surface area (TPSA) is 53.1 Å². The van der Waals surface area contributed by atoms with Gasteiger partial charge in [-0.3, -0.25) is 0 Å². The van der Waals surface area contributed by atoms with Crippen LogP contribution in [0.4, 0.5) is 0 Å². The molecule has 1 saturated carbocycles. The number of para-hydroxylation sites is 2. The number of methoxy groups -OCH3 is 1. The molecule has 0 aliphatic heterocycles. The Labute approximate surface area is 113 Å². The fourth-order valence-electron chi connectivity index (χ4n) is 2.81. The van der Waals surface area contributed by atoms with E-state index in [9.17, 15) is 0 Å². The number of ether oxygens (including phenoxy) is 1. The van der Waals surface area contributed by atoms with Gasteiger partial charge in [-0.1, -0.05) is 12.1 Å². The lowest BCUT2D eigenvalue weighted by Gasteiger charge is -2.37. The van der Waals surface area contributed by atoms with E-state index in [1.807, 2.05) is 6.07 Å². The fourth-order valence-corrected chi connectivity index (χ4v) is 2.81.